The maximum Gasteiger partial charge on any atom is 0.339 e. The summed E-state index contributed by atoms with van der Waals surface area (Å²) in [7, 11) is 1.60. The SMILES string of the molecule is COc1ccc([C@@H]2NN(c3ccccc3)[C@H](C)C(O)=C2C(=O)OCc2ccccc2)cc1. The van der Waals surface area contributed by atoms with E-state index in [2.05, 4.69) is 5.43 Å². The van der Waals surface area contributed by atoms with E-state index in [-0.39, 0.29) is 17.9 Å². The molecule has 0 fully saturated rings. The first kappa shape index (κ1) is 21.5. The molecule has 6 heteroatoms. The monoisotopic (exact) mass is 430 g/mol. The summed E-state index contributed by atoms with van der Waals surface area (Å²) in [4.78, 5) is 13.2. The third-order valence-electron chi connectivity index (χ3n) is 5.53. The van der Waals surface area contributed by atoms with Crippen LogP contribution < -0.4 is 15.2 Å². The van der Waals surface area contributed by atoms with Crippen LogP contribution in [0.3, 0.4) is 0 Å². The largest absolute Gasteiger partial charge is 0.509 e. The van der Waals surface area contributed by atoms with Crippen molar-refractivity contribution in [2.24, 2.45) is 0 Å². The van der Waals surface area contributed by atoms with Crippen LogP contribution in [-0.4, -0.2) is 24.2 Å². The van der Waals surface area contributed by atoms with Crippen molar-refractivity contribution < 1.29 is 19.4 Å². The maximum atomic E-state index is 13.2. The lowest BCUT2D eigenvalue weighted by molar-refractivity contribution is -0.141. The zero-order valence-electron chi connectivity index (χ0n) is 18.1. The van der Waals surface area contributed by atoms with Gasteiger partial charge in [0.1, 0.15) is 24.2 Å². The molecule has 4 rings (SSSR count). The van der Waals surface area contributed by atoms with Crippen LogP contribution in [-0.2, 0) is 16.1 Å². The standard InChI is InChI=1S/C26H26N2O4/c1-18-25(29)23(26(30)32-17-19-9-5-3-6-10-19)24(20-13-15-22(31-2)16-14-20)27-28(18)21-11-7-4-8-12-21/h3-16,18,24,27,29H,17H2,1-2H3/t18-,24+/m1/s1. The lowest BCUT2D eigenvalue weighted by atomic mass is 9.93. The molecule has 1 aliphatic rings. The van der Waals surface area contributed by atoms with Crippen molar-refractivity contribution in [3.05, 3.63) is 107 Å². The number of carbonyl (C=O) groups is 1. The van der Waals surface area contributed by atoms with E-state index < -0.39 is 18.1 Å². The highest BCUT2D eigenvalue weighted by molar-refractivity contribution is 5.91. The average molecular weight is 431 g/mol. The number of para-hydroxylation sites is 1. The number of benzene rings is 3. The summed E-state index contributed by atoms with van der Waals surface area (Å²) in [5.41, 5.74) is 6.17. The highest BCUT2D eigenvalue weighted by Gasteiger charge is 2.38. The molecule has 6 nitrogen and oxygen atoms in total. The second-order valence-corrected chi connectivity index (χ2v) is 7.58. The first-order valence-corrected chi connectivity index (χ1v) is 10.5. The van der Waals surface area contributed by atoms with Crippen LogP contribution >= 0.6 is 0 Å². The van der Waals surface area contributed by atoms with Crippen LogP contribution in [0, 0.1) is 0 Å². The number of nitrogens with one attached hydrogen (secondary N) is 1. The van der Waals surface area contributed by atoms with E-state index in [1.54, 1.807) is 7.11 Å². The van der Waals surface area contributed by atoms with Crippen LogP contribution in [0.15, 0.2) is 96.3 Å². The predicted octanol–water partition coefficient (Wildman–Crippen LogP) is 4.71. The van der Waals surface area contributed by atoms with Crippen LogP contribution in [0.5, 0.6) is 5.75 Å². The van der Waals surface area contributed by atoms with E-state index in [1.807, 2.05) is 96.9 Å². The number of aliphatic hydroxyl groups excluding tert-OH is 1. The number of ether oxygens (including phenoxy) is 2. The molecule has 0 amide bonds. The van der Waals surface area contributed by atoms with Gasteiger partial charge in [-0.1, -0.05) is 60.7 Å². The molecule has 3 aromatic carbocycles. The molecule has 0 radical (unpaired) electrons. The number of methoxy groups -OCH3 is 1. The van der Waals surface area contributed by atoms with E-state index in [9.17, 15) is 9.90 Å². The summed E-state index contributed by atoms with van der Waals surface area (Å²) < 4.78 is 10.8. The van der Waals surface area contributed by atoms with E-state index in [0.717, 1.165) is 16.8 Å². The van der Waals surface area contributed by atoms with Crippen molar-refractivity contribution in [3.63, 3.8) is 0 Å². The topological polar surface area (TPSA) is 71.0 Å². The fourth-order valence-corrected chi connectivity index (χ4v) is 3.76. The van der Waals surface area contributed by atoms with Crippen molar-refractivity contribution >= 4 is 11.7 Å². The third kappa shape index (κ3) is 4.45. The number of nitrogens with zero attached hydrogens (tertiary/aromatic N) is 1. The highest BCUT2D eigenvalue weighted by Crippen LogP contribution is 2.35. The number of esters is 1. The second kappa shape index (κ2) is 9.58. The zero-order valence-corrected chi connectivity index (χ0v) is 18.1. The van der Waals surface area contributed by atoms with Gasteiger partial charge in [-0.05, 0) is 42.3 Å². The van der Waals surface area contributed by atoms with Gasteiger partial charge in [0, 0.05) is 0 Å². The number of hydrogen-bond donors (Lipinski definition) is 2. The molecular formula is C26H26N2O4. The highest BCUT2D eigenvalue weighted by atomic mass is 16.5. The Morgan fingerprint density at radius 3 is 2.22 bits per heavy atom. The van der Waals surface area contributed by atoms with Crippen LogP contribution in [0.1, 0.15) is 24.1 Å². The smallest absolute Gasteiger partial charge is 0.339 e. The quantitative estimate of drug-likeness (QED) is 0.552. The Bertz CT molecular complexity index is 1080. The minimum Gasteiger partial charge on any atom is -0.509 e. The number of rotatable bonds is 6. The summed E-state index contributed by atoms with van der Waals surface area (Å²) in [5.74, 6) is 0.130. The number of aliphatic hydroxyl groups is 1. The summed E-state index contributed by atoms with van der Waals surface area (Å²) in [5, 5.41) is 13.0. The number of hydrazine groups is 1. The zero-order chi connectivity index (χ0) is 22.5. The van der Waals surface area contributed by atoms with Crippen molar-refractivity contribution in [3.8, 4) is 5.75 Å². The molecule has 0 aromatic heterocycles. The Morgan fingerprint density at radius 2 is 1.59 bits per heavy atom. The minimum absolute atomic E-state index is 0.0218. The molecule has 0 unspecified atom stereocenters. The second-order valence-electron chi connectivity index (χ2n) is 7.58. The fourth-order valence-electron chi connectivity index (χ4n) is 3.76. The fraction of sp³-hybridized carbons (Fsp3) is 0.192. The van der Waals surface area contributed by atoms with Gasteiger partial charge in [-0.25, -0.2) is 10.2 Å². The maximum absolute atomic E-state index is 13.2. The Morgan fingerprint density at radius 1 is 0.969 bits per heavy atom. The third-order valence-corrected chi connectivity index (χ3v) is 5.53. The average Bonchev–Trinajstić information content (AvgIpc) is 2.85. The first-order valence-electron chi connectivity index (χ1n) is 10.5. The molecule has 0 saturated heterocycles. The van der Waals surface area contributed by atoms with Gasteiger partial charge in [-0.15, -0.1) is 0 Å². The minimum atomic E-state index is -0.597. The molecule has 32 heavy (non-hydrogen) atoms. The van der Waals surface area contributed by atoms with E-state index in [0.29, 0.717) is 5.75 Å². The number of anilines is 1. The Kier molecular flexibility index (Phi) is 6.42. The van der Waals surface area contributed by atoms with Gasteiger partial charge >= 0.3 is 5.97 Å². The Balaban J connectivity index is 1.68. The van der Waals surface area contributed by atoms with E-state index >= 15 is 0 Å². The van der Waals surface area contributed by atoms with Crippen LogP contribution in [0.25, 0.3) is 0 Å². The van der Waals surface area contributed by atoms with E-state index in [1.165, 1.54) is 0 Å². The molecule has 0 spiro atoms. The van der Waals surface area contributed by atoms with Gasteiger partial charge in [0.25, 0.3) is 0 Å². The lowest BCUT2D eigenvalue weighted by Crippen LogP contribution is -2.53. The van der Waals surface area contributed by atoms with Gasteiger partial charge in [-0.2, -0.15) is 0 Å². The first-order chi connectivity index (χ1) is 15.6. The summed E-state index contributed by atoms with van der Waals surface area (Å²) >= 11 is 0. The van der Waals surface area contributed by atoms with Gasteiger partial charge in [0.05, 0.1) is 24.4 Å². The molecule has 3 aromatic rings. The number of carbonyl (C=O) groups excluding carboxylic acids is 1. The molecule has 0 aliphatic carbocycles. The van der Waals surface area contributed by atoms with Crippen molar-refractivity contribution in [2.75, 3.05) is 12.1 Å². The lowest BCUT2D eigenvalue weighted by Gasteiger charge is -2.40. The Labute approximate surface area is 187 Å². The van der Waals surface area contributed by atoms with Gasteiger partial charge < -0.3 is 14.6 Å². The molecule has 2 N–H and O–H groups in total. The van der Waals surface area contributed by atoms with Crippen LogP contribution in [0.4, 0.5) is 5.69 Å². The Hall–Kier alpha value is -3.77. The van der Waals surface area contributed by atoms with Crippen molar-refractivity contribution in [2.45, 2.75) is 25.6 Å². The molecule has 0 saturated carbocycles. The van der Waals surface area contributed by atoms with Crippen molar-refractivity contribution in [1.82, 2.24) is 5.43 Å². The predicted molar refractivity (Wildman–Crippen MR) is 123 cm³/mol. The molecular weight excluding hydrogens is 404 g/mol. The molecule has 1 heterocycles. The van der Waals surface area contributed by atoms with Crippen molar-refractivity contribution in [1.29, 1.82) is 0 Å². The van der Waals surface area contributed by atoms with Gasteiger partial charge in [-0.3, -0.25) is 5.01 Å². The van der Waals surface area contributed by atoms with Crippen LogP contribution in [0.2, 0.25) is 0 Å². The van der Waals surface area contributed by atoms with Gasteiger partial charge in [0.15, 0.2) is 0 Å². The number of hydrogen-bond acceptors (Lipinski definition) is 6. The van der Waals surface area contributed by atoms with Gasteiger partial charge in [0.2, 0.25) is 0 Å². The summed E-state index contributed by atoms with van der Waals surface area (Å²) in [6.07, 6.45) is 0. The molecule has 1 aliphatic heterocycles. The molecule has 0 bridgehead atoms. The summed E-state index contributed by atoms with van der Waals surface area (Å²) in [6.45, 7) is 1.96. The molecule has 2 atom stereocenters. The normalized spacial score (nSPS) is 18.4. The molecule has 164 valence electrons. The summed E-state index contributed by atoms with van der Waals surface area (Å²) in [6, 6.07) is 25.5. The van der Waals surface area contributed by atoms with E-state index in [4.69, 9.17) is 9.47 Å².